The predicted molar refractivity (Wildman–Crippen MR) is 104 cm³/mol. The van der Waals surface area contributed by atoms with E-state index in [1.54, 1.807) is 13.1 Å². The second-order valence-electron chi connectivity index (χ2n) is 8.16. The van der Waals surface area contributed by atoms with Crippen LogP contribution in [0.15, 0.2) is 15.5 Å². The number of rotatable bonds is 6. The van der Waals surface area contributed by atoms with E-state index in [4.69, 9.17) is 4.74 Å². The van der Waals surface area contributed by atoms with Crippen LogP contribution in [0.25, 0.3) is 0 Å². The van der Waals surface area contributed by atoms with Gasteiger partial charge < -0.3 is 10.1 Å². The lowest BCUT2D eigenvalue weighted by molar-refractivity contribution is -0.143. The highest BCUT2D eigenvalue weighted by Crippen LogP contribution is 2.61. The molecular weight excluding hydrogens is 398 g/mol. The van der Waals surface area contributed by atoms with Gasteiger partial charge in [-0.05, 0) is 58.9 Å². The molecule has 7 heteroatoms. The maximum Gasteiger partial charge on any atom is 0.307 e. The first-order valence-corrected chi connectivity index (χ1v) is 10.2. The van der Waals surface area contributed by atoms with E-state index in [2.05, 4.69) is 47.1 Å². The molecule has 0 saturated heterocycles. The standard InChI is InChI=1S/C19H28BrN3O3/c1-5-26-16(24)6-7-23-18(25)17(20)15(10-21-23)22-14-9-12-8-13(11(14)2)19(12,3)4/h10-14,22H,5-9H2,1-4H3/t11-,12-,13+,14-/m1/s1. The molecule has 3 aliphatic carbocycles. The summed E-state index contributed by atoms with van der Waals surface area (Å²) >= 11 is 3.41. The lowest BCUT2D eigenvalue weighted by atomic mass is 9.45. The molecule has 0 spiro atoms. The van der Waals surface area contributed by atoms with Gasteiger partial charge in [-0.2, -0.15) is 5.10 Å². The third kappa shape index (κ3) is 3.42. The molecule has 2 bridgehead atoms. The molecule has 3 fully saturated rings. The van der Waals surface area contributed by atoms with Crippen LogP contribution >= 0.6 is 15.9 Å². The molecule has 0 aliphatic heterocycles. The van der Waals surface area contributed by atoms with Crippen molar-refractivity contribution in [3.63, 3.8) is 0 Å². The zero-order valence-electron chi connectivity index (χ0n) is 15.9. The summed E-state index contributed by atoms with van der Waals surface area (Å²) in [4.78, 5) is 24.0. The molecule has 0 radical (unpaired) electrons. The Morgan fingerprint density at radius 3 is 2.81 bits per heavy atom. The minimum Gasteiger partial charge on any atom is -0.466 e. The number of fused-ring (bicyclic) bond motifs is 2. The first-order chi connectivity index (χ1) is 12.3. The molecule has 1 N–H and O–H groups in total. The molecule has 3 saturated carbocycles. The summed E-state index contributed by atoms with van der Waals surface area (Å²) in [6.45, 7) is 9.38. The van der Waals surface area contributed by atoms with Gasteiger partial charge in [-0.25, -0.2) is 4.68 Å². The third-order valence-corrected chi connectivity index (χ3v) is 7.28. The van der Waals surface area contributed by atoms with Gasteiger partial charge in [-0.1, -0.05) is 20.8 Å². The Morgan fingerprint density at radius 1 is 1.46 bits per heavy atom. The van der Waals surface area contributed by atoms with Crippen LogP contribution in [0.5, 0.6) is 0 Å². The molecule has 1 heterocycles. The average Bonchev–Trinajstić information content (AvgIpc) is 2.59. The van der Waals surface area contributed by atoms with E-state index in [0.29, 0.717) is 28.5 Å². The van der Waals surface area contributed by atoms with Crippen LogP contribution in [0, 0.1) is 23.2 Å². The smallest absolute Gasteiger partial charge is 0.307 e. The van der Waals surface area contributed by atoms with Gasteiger partial charge in [0.05, 0.1) is 31.5 Å². The van der Waals surface area contributed by atoms with Gasteiger partial charge in [-0.15, -0.1) is 0 Å². The minimum absolute atomic E-state index is 0.137. The summed E-state index contributed by atoms with van der Waals surface area (Å²) in [5, 5.41) is 7.76. The molecule has 0 amide bonds. The number of carbonyl (C=O) groups excluding carboxylic acids is 1. The van der Waals surface area contributed by atoms with Crippen molar-refractivity contribution >= 4 is 27.6 Å². The van der Waals surface area contributed by atoms with E-state index in [0.717, 1.165) is 23.9 Å². The summed E-state index contributed by atoms with van der Waals surface area (Å²) in [6.07, 6.45) is 4.26. The molecule has 0 aromatic carbocycles. The van der Waals surface area contributed by atoms with Crippen LogP contribution in [0.3, 0.4) is 0 Å². The number of esters is 1. The number of hydrogen-bond acceptors (Lipinski definition) is 5. The topological polar surface area (TPSA) is 73.2 Å². The van der Waals surface area contributed by atoms with E-state index in [1.807, 2.05) is 0 Å². The van der Waals surface area contributed by atoms with Crippen LogP contribution in [0.2, 0.25) is 0 Å². The van der Waals surface area contributed by atoms with Gasteiger partial charge in [-0.3, -0.25) is 9.59 Å². The summed E-state index contributed by atoms with van der Waals surface area (Å²) < 4.78 is 6.67. The van der Waals surface area contributed by atoms with Crippen molar-refractivity contribution in [2.75, 3.05) is 11.9 Å². The quantitative estimate of drug-likeness (QED) is 0.706. The second-order valence-corrected chi connectivity index (χ2v) is 8.95. The highest BCUT2D eigenvalue weighted by molar-refractivity contribution is 9.10. The number of hydrogen-bond donors (Lipinski definition) is 1. The normalized spacial score (nSPS) is 29.0. The van der Waals surface area contributed by atoms with Crippen molar-refractivity contribution in [1.29, 1.82) is 0 Å². The molecular formula is C19H28BrN3O3. The largest absolute Gasteiger partial charge is 0.466 e. The first kappa shape index (κ1) is 19.4. The number of nitrogens with one attached hydrogen (secondary N) is 1. The molecule has 6 nitrogen and oxygen atoms in total. The second kappa shape index (κ2) is 7.33. The van der Waals surface area contributed by atoms with Crippen LogP contribution in [0.1, 0.15) is 47.0 Å². The SMILES string of the molecule is CCOC(=O)CCn1ncc(N[C@@H]2C[C@H]3C[C@@H]([C@H]2C)C3(C)C)c(Br)c1=O. The Balaban J connectivity index is 1.67. The molecule has 4 atom stereocenters. The highest BCUT2D eigenvalue weighted by Gasteiger charge is 2.56. The number of anilines is 1. The number of nitrogens with zero attached hydrogens (tertiary/aromatic N) is 2. The molecule has 4 rings (SSSR count). The maximum atomic E-state index is 12.5. The van der Waals surface area contributed by atoms with Gasteiger partial charge in [0.2, 0.25) is 0 Å². The van der Waals surface area contributed by atoms with Gasteiger partial charge in [0, 0.05) is 6.04 Å². The first-order valence-electron chi connectivity index (χ1n) is 9.43. The molecule has 144 valence electrons. The Bertz CT molecular complexity index is 746. The van der Waals surface area contributed by atoms with E-state index in [1.165, 1.54) is 11.1 Å². The number of carbonyl (C=O) groups is 1. The van der Waals surface area contributed by atoms with Crippen LogP contribution in [-0.2, 0) is 16.1 Å². The average molecular weight is 426 g/mol. The number of aryl methyl sites for hydroxylation is 1. The van der Waals surface area contributed by atoms with Crippen LogP contribution in [0.4, 0.5) is 5.69 Å². The van der Waals surface area contributed by atoms with Crippen molar-refractivity contribution in [2.24, 2.45) is 23.2 Å². The number of halogens is 1. The van der Waals surface area contributed by atoms with E-state index >= 15 is 0 Å². The fourth-order valence-electron chi connectivity index (χ4n) is 4.70. The zero-order valence-corrected chi connectivity index (χ0v) is 17.5. The number of ether oxygens (including phenoxy) is 1. The Kier molecular flexibility index (Phi) is 5.47. The van der Waals surface area contributed by atoms with E-state index < -0.39 is 0 Å². The predicted octanol–water partition coefficient (Wildman–Crippen LogP) is 3.44. The molecule has 26 heavy (non-hydrogen) atoms. The van der Waals surface area contributed by atoms with Gasteiger partial charge in [0.1, 0.15) is 4.47 Å². The summed E-state index contributed by atoms with van der Waals surface area (Å²) in [6, 6.07) is 0.361. The minimum atomic E-state index is -0.322. The van der Waals surface area contributed by atoms with Crippen molar-refractivity contribution in [2.45, 2.75) is 59.5 Å². The molecule has 1 aromatic rings. The Labute approximate surface area is 162 Å². The van der Waals surface area contributed by atoms with Crippen molar-refractivity contribution in [3.8, 4) is 0 Å². The fourth-order valence-corrected chi connectivity index (χ4v) is 5.12. The van der Waals surface area contributed by atoms with Crippen LogP contribution < -0.4 is 10.9 Å². The van der Waals surface area contributed by atoms with Crippen molar-refractivity contribution in [1.82, 2.24) is 9.78 Å². The van der Waals surface area contributed by atoms with E-state index in [-0.39, 0.29) is 24.5 Å². The van der Waals surface area contributed by atoms with Gasteiger partial charge in [0.25, 0.3) is 5.56 Å². The molecule has 1 aromatic heterocycles. The molecule has 3 aliphatic rings. The lowest BCUT2D eigenvalue weighted by Gasteiger charge is -2.62. The fraction of sp³-hybridized carbons (Fsp3) is 0.737. The summed E-state index contributed by atoms with van der Waals surface area (Å²) in [7, 11) is 0. The third-order valence-electron chi connectivity index (χ3n) is 6.51. The van der Waals surface area contributed by atoms with Gasteiger partial charge in [0.15, 0.2) is 0 Å². The van der Waals surface area contributed by atoms with Crippen LogP contribution in [-0.4, -0.2) is 28.4 Å². The molecule has 0 unspecified atom stereocenters. The summed E-state index contributed by atoms with van der Waals surface area (Å²) in [5.74, 6) is 1.72. The highest BCUT2D eigenvalue weighted by atomic mass is 79.9. The van der Waals surface area contributed by atoms with Gasteiger partial charge >= 0.3 is 5.97 Å². The Morgan fingerprint density at radius 2 is 2.19 bits per heavy atom. The zero-order chi connectivity index (χ0) is 19.1. The van der Waals surface area contributed by atoms with Crippen molar-refractivity contribution in [3.05, 3.63) is 21.0 Å². The van der Waals surface area contributed by atoms with E-state index in [9.17, 15) is 9.59 Å². The van der Waals surface area contributed by atoms with Crippen molar-refractivity contribution < 1.29 is 9.53 Å². The Hall–Kier alpha value is -1.37. The maximum absolute atomic E-state index is 12.5. The number of aromatic nitrogens is 2. The monoisotopic (exact) mass is 425 g/mol. The summed E-state index contributed by atoms with van der Waals surface area (Å²) in [5.41, 5.74) is 0.940. The lowest BCUT2D eigenvalue weighted by Crippen LogP contribution is -2.58.